The Morgan fingerprint density at radius 3 is 2.41 bits per heavy atom. The Bertz CT molecular complexity index is 1240. The smallest absolute Gasteiger partial charge is 0.261 e. The lowest BCUT2D eigenvalue weighted by molar-refractivity contribution is -0.115. The highest BCUT2D eigenvalue weighted by Gasteiger charge is 2.17. The highest BCUT2D eigenvalue weighted by Crippen LogP contribution is 2.28. The van der Waals surface area contributed by atoms with Crippen molar-refractivity contribution in [3.63, 3.8) is 0 Å². The van der Waals surface area contributed by atoms with E-state index in [1.54, 1.807) is 49.4 Å². The van der Waals surface area contributed by atoms with Crippen LogP contribution in [0.4, 0.5) is 11.4 Å². The number of rotatable bonds is 8. The molecule has 0 aliphatic rings. The maximum Gasteiger partial charge on any atom is 0.261 e. The molecule has 0 aliphatic heterocycles. The summed E-state index contributed by atoms with van der Waals surface area (Å²) in [6, 6.07) is 16.2. The Balaban J connectivity index is 1.77. The molecular weight excluding hydrogens is 452 g/mol. The van der Waals surface area contributed by atoms with Crippen molar-refractivity contribution in [2.75, 3.05) is 24.3 Å². The molecule has 7 nitrogen and oxygen atoms in total. The van der Waals surface area contributed by atoms with Gasteiger partial charge in [-0.05, 0) is 60.5 Å². The minimum Gasteiger partial charge on any atom is -0.493 e. The number of benzene rings is 3. The summed E-state index contributed by atoms with van der Waals surface area (Å²) in [5, 5.41) is 3.20. The number of halogens is 1. The van der Waals surface area contributed by atoms with Crippen LogP contribution in [-0.4, -0.2) is 28.5 Å². The molecule has 0 atom stereocenters. The second-order valence-electron chi connectivity index (χ2n) is 7.01. The summed E-state index contributed by atoms with van der Waals surface area (Å²) < 4.78 is 38.5. The minimum atomic E-state index is -3.87. The highest BCUT2D eigenvalue weighted by molar-refractivity contribution is 7.92. The molecule has 168 valence electrons. The summed E-state index contributed by atoms with van der Waals surface area (Å²) in [5.41, 5.74) is 2.21. The Labute approximate surface area is 192 Å². The molecule has 0 radical (unpaired) electrons. The largest absolute Gasteiger partial charge is 0.493 e. The number of methoxy groups -OCH3 is 2. The van der Waals surface area contributed by atoms with E-state index in [9.17, 15) is 13.2 Å². The van der Waals surface area contributed by atoms with Crippen molar-refractivity contribution in [2.45, 2.75) is 18.2 Å². The van der Waals surface area contributed by atoms with E-state index in [-0.39, 0.29) is 17.2 Å². The van der Waals surface area contributed by atoms with E-state index in [2.05, 4.69) is 10.0 Å². The van der Waals surface area contributed by atoms with Crippen molar-refractivity contribution in [3.05, 3.63) is 76.8 Å². The Hall–Kier alpha value is -3.23. The van der Waals surface area contributed by atoms with Gasteiger partial charge in [-0.2, -0.15) is 0 Å². The van der Waals surface area contributed by atoms with Gasteiger partial charge in [0, 0.05) is 10.7 Å². The number of hydrogen-bond acceptors (Lipinski definition) is 5. The van der Waals surface area contributed by atoms with Gasteiger partial charge >= 0.3 is 0 Å². The summed E-state index contributed by atoms with van der Waals surface area (Å²) in [6.45, 7) is 1.78. The third-order valence-electron chi connectivity index (χ3n) is 4.68. The number of anilines is 2. The van der Waals surface area contributed by atoms with Crippen LogP contribution in [-0.2, 0) is 21.2 Å². The molecule has 0 saturated carbocycles. The fourth-order valence-electron chi connectivity index (χ4n) is 3.04. The molecule has 0 heterocycles. The van der Waals surface area contributed by atoms with Crippen LogP contribution in [0.1, 0.15) is 11.1 Å². The van der Waals surface area contributed by atoms with Crippen LogP contribution in [0.25, 0.3) is 0 Å². The van der Waals surface area contributed by atoms with Gasteiger partial charge in [-0.1, -0.05) is 29.8 Å². The van der Waals surface area contributed by atoms with Crippen LogP contribution in [0, 0.1) is 6.92 Å². The van der Waals surface area contributed by atoms with Gasteiger partial charge in [0.25, 0.3) is 10.0 Å². The maximum absolute atomic E-state index is 12.8. The summed E-state index contributed by atoms with van der Waals surface area (Å²) in [7, 11) is -0.812. The van der Waals surface area contributed by atoms with Crippen LogP contribution in [0.2, 0.25) is 5.02 Å². The lowest BCUT2D eigenvalue weighted by Gasteiger charge is -2.13. The molecule has 3 aromatic rings. The standard InChI is InChI=1S/C23H23ClN2O5S/c1-15-7-9-19(32(28,29)26-18-6-4-5-17(24)13-18)14-20(15)25-23(27)12-16-8-10-21(30-2)22(11-16)31-3/h4-11,13-14,26H,12H2,1-3H3,(H,25,27). The molecule has 32 heavy (non-hydrogen) atoms. The predicted molar refractivity (Wildman–Crippen MR) is 125 cm³/mol. The molecule has 2 N–H and O–H groups in total. The first-order chi connectivity index (χ1) is 15.2. The lowest BCUT2D eigenvalue weighted by atomic mass is 10.1. The van der Waals surface area contributed by atoms with Gasteiger partial charge in [-0.25, -0.2) is 8.42 Å². The van der Waals surface area contributed by atoms with Crippen LogP contribution < -0.4 is 19.5 Å². The number of carbonyl (C=O) groups is 1. The normalized spacial score (nSPS) is 11.0. The first kappa shape index (κ1) is 23.4. The molecule has 0 spiro atoms. The van der Waals surface area contributed by atoms with E-state index in [1.165, 1.54) is 32.4 Å². The van der Waals surface area contributed by atoms with Crippen molar-refractivity contribution in [1.29, 1.82) is 0 Å². The highest BCUT2D eigenvalue weighted by atomic mass is 35.5. The Morgan fingerprint density at radius 2 is 1.72 bits per heavy atom. The third-order valence-corrected chi connectivity index (χ3v) is 6.30. The molecule has 1 amide bonds. The number of amides is 1. The zero-order chi connectivity index (χ0) is 23.3. The molecular formula is C23H23ClN2O5S. The maximum atomic E-state index is 12.8. The molecule has 3 aromatic carbocycles. The summed E-state index contributed by atoms with van der Waals surface area (Å²) in [6.07, 6.45) is 0.0809. The number of ether oxygens (including phenoxy) is 2. The number of aryl methyl sites for hydroxylation is 1. The topological polar surface area (TPSA) is 93.7 Å². The summed E-state index contributed by atoms with van der Waals surface area (Å²) in [4.78, 5) is 12.6. The summed E-state index contributed by atoms with van der Waals surface area (Å²) >= 11 is 5.93. The zero-order valence-corrected chi connectivity index (χ0v) is 19.4. The van der Waals surface area contributed by atoms with Crippen LogP contribution in [0.15, 0.2) is 65.6 Å². The van der Waals surface area contributed by atoms with Crippen molar-refractivity contribution in [3.8, 4) is 11.5 Å². The molecule has 9 heteroatoms. The molecule has 0 aliphatic carbocycles. The van der Waals surface area contributed by atoms with Crippen molar-refractivity contribution in [1.82, 2.24) is 0 Å². The van der Waals surface area contributed by atoms with Gasteiger partial charge in [0.1, 0.15) is 0 Å². The van der Waals surface area contributed by atoms with E-state index in [0.717, 1.165) is 11.1 Å². The van der Waals surface area contributed by atoms with Crippen molar-refractivity contribution >= 4 is 38.9 Å². The molecule has 0 bridgehead atoms. The van der Waals surface area contributed by atoms with Gasteiger partial charge < -0.3 is 14.8 Å². The molecule has 0 fully saturated rings. The minimum absolute atomic E-state index is 0.0180. The quantitative estimate of drug-likeness (QED) is 0.495. The van der Waals surface area contributed by atoms with Crippen molar-refractivity contribution in [2.24, 2.45) is 0 Å². The zero-order valence-electron chi connectivity index (χ0n) is 17.8. The first-order valence-electron chi connectivity index (χ1n) is 9.61. The third kappa shape index (κ3) is 5.72. The van der Waals surface area contributed by atoms with E-state index in [0.29, 0.717) is 27.9 Å². The van der Waals surface area contributed by atoms with Crippen LogP contribution in [0.3, 0.4) is 0 Å². The van der Waals surface area contributed by atoms with Crippen molar-refractivity contribution < 1.29 is 22.7 Å². The van der Waals surface area contributed by atoms with E-state index < -0.39 is 10.0 Å². The van der Waals surface area contributed by atoms with Crippen LogP contribution in [0.5, 0.6) is 11.5 Å². The van der Waals surface area contributed by atoms with E-state index in [1.807, 2.05) is 0 Å². The number of sulfonamides is 1. The average molecular weight is 475 g/mol. The monoisotopic (exact) mass is 474 g/mol. The molecule has 0 unspecified atom stereocenters. The first-order valence-corrected chi connectivity index (χ1v) is 11.5. The SMILES string of the molecule is COc1ccc(CC(=O)Nc2cc(S(=O)(=O)Nc3cccc(Cl)c3)ccc2C)cc1OC. The second-order valence-corrected chi connectivity index (χ2v) is 9.13. The lowest BCUT2D eigenvalue weighted by Crippen LogP contribution is -2.17. The van der Waals surface area contributed by atoms with Crippen LogP contribution >= 0.6 is 11.6 Å². The second kappa shape index (κ2) is 9.93. The Morgan fingerprint density at radius 1 is 0.969 bits per heavy atom. The summed E-state index contributed by atoms with van der Waals surface area (Å²) in [5.74, 6) is 0.796. The van der Waals surface area contributed by atoms with Gasteiger partial charge in [0.2, 0.25) is 5.91 Å². The number of nitrogens with one attached hydrogen (secondary N) is 2. The predicted octanol–water partition coefficient (Wildman–Crippen LogP) is 4.65. The number of carbonyl (C=O) groups excluding carboxylic acids is 1. The van der Waals surface area contributed by atoms with Gasteiger partial charge in [-0.15, -0.1) is 0 Å². The molecule has 0 saturated heterocycles. The average Bonchev–Trinajstić information content (AvgIpc) is 2.74. The van der Waals surface area contributed by atoms with Gasteiger partial charge in [0.05, 0.1) is 31.2 Å². The fourth-order valence-corrected chi connectivity index (χ4v) is 4.30. The fraction of sp³-hybridized carbons (Fsp3) is 0.174. The van der Waals surface area contributed by atoms with Gasteiger partial charge in [-0.3, -0.25) is 9.52 Å². The Kier molecular flexibility index (Phi) is 7.27. The van der Waals surface area contributed by atoms with Gasteiger partial charge in [0.15, 0.2) is 11.5 Å². The molecule has 0 aromatic heterocycles. The van der Waals surface area contributed by atoms with E-state index in [4.69, 9.17) is 21.1 Å². The van der Waals surface area contributed by atoms with E-state index >= 15 is 0 Å². The molecule has 3 rings (SSSR count). The number of hydrogen-bond donors (Lipinski definition) is 2.